The van der Waals surface area contributed by atoms with Crippen LogP contribution < -0.4 is 11.1 Å². The summed E-state index contributed by atoms with van der Waals surface area (Å²) in [5.74, 6) is 0.00535. The Hall–Kier alpha value is -1.55. The maximum Gasteiger partial charge on any atom is 0.161 e. The van der Waals surface area contributed by atoms with Crippen molar-refractivity contribution in [2.24, 2.45) is 0 Å². The molecule has 0 bridgehead atoms. The number of unbranched alkanes of at least 4 members (excludes halogenated alkanes) is 1. The van der Waals surface area contributed by atoms with Gasteiger partial charge in [-0.15, -0.1) is 0 Å². The molecule has 4 nitrogen and oxygen atoms in total. The second kappa shape index (κ2) is 7.90. The molecule has 0 aliphatic heterocycles. The first-order chi connectivity index (χ1) is 9.41. The average molecular weight is 277 g/mol. The number of carbonyl (C=O) groups excluding carboxylic acids is 1. The summed E-state index contributed by atoms with van der Waals surface area (Å²) < 4.78 is 0. The van der Waals surface area contributed by atoms with Crippen molar-refractivity contribution in [1.29, 1.82) is 0 Å². The molecule has 3 N–H and O–H groups in total. The van der Waals surface area contributed by atoms with Gasteiger partial charge in [0.25, 0.3) is 0 Å². The number of nitrogens with one attached hydrogen (secondary N) is 1. The summed E-state index contributed by atoms with van der Waals surface area (Å²) in [5.41, 5.74) is 7.97. The van der Waals surface area contributed by atoms with Gasteiger partial charge in [0.1, 0.15) is 0 Å². The van der Waals surface area contributed by atoms with Gasteiger partial charge < -0.3 is 16.0 Å². The number of nitrogens with two attached hydrogens (primary N) is 1. The van der Waals surface area contributed by atoms with E-state index in [1.807, 2.05) is 12.1 Å². The highest BCUT2D eigenvalue weighted by Crippen LogP contribution is 2.18. The van der Waals surface area contributed by atoms with Gasteiger partial charge in [-0.25, -0.2) is 0 Å². The van der Waals surface area contributed by atoms with E-state index < -0.39 is 0 Å². The molecular formula is C16H27N3O. The quantitative estimate of drug-likeness (QED) is 0.436. The van der Waals surface area contributed by atoms with E-state index in [2.05, 4.69) is 31.1 Å². The number of nitrogens with zero attached hydrogens (tertiary/aromatic N) is 1. The van der Waals surface area contributed by atoms with Gasteiger partial charge in [-0.2, -0.15) is 0 Å². The van der Waals surface area contributed by atoms with Crippen molar-refractivity contribution >= 4 is 17.2 Å². The smallest absolute Gasteiger partial charge is 0.161 e. The zero-order chi connectivity index (χ0) is 15.1. The fourth-order valence-corrected chi connectivity index (χ4v) is 1.97. The minimum atomic E-state index is 0.00535. The van der Waals surface area contributed by atoms with Gasteiger partial charge >= 0.3 is 0 Å². The molecule has 0 saturated heterocycles. The number of Topliss-reactive ketones (excluding diaryl/α,β-unsaturated/α-hetero) is 1. The molecule has 0 amide bonds. The van der Waals surface area contributed by atoms with Gasteiger partial charge in [0, 0.05) is 29.5 Å². The SMILES string of the molecule is CC(=O)c1ccc(NCCCCN(C)C(C)C)cc1N. The van der Waals surface area contributed by atoms with E-state index in [1.54, 1.807) is 6.07 Å². The molecule has 0 aliphatic rings. The van der Waals surface area contributed by atoms with Gasteiger partial charge in [-0.05, 0) is 65.4 Å². The number of rotatable bonds is 8. The third kappa shape index (κ3) is 5.21. The van der Waals surface area contributed by atoms with Crippen molar-refractivity contribution in [3.63, 3.8) is 0 Å². The maximum absolute atomic E-state index is 11.3. The van der Waals surface area contributed by atoms with Gasteiger partial charge in [-0.3, -0.25) is 4.79 Å². The standard InChI is InChI=1S/C16H27N3O/c1-12(2)19(4)10-6-5-9-18-14-7-8-15(13(3)20)16(17)11-14/h7-8,11-12,18H,5-6,9-10,17H2,1-4H3. The molecule has 1 rings (SSSR count). The Balaban J connectivity index is 2.32. The van der Waals surface area contributed by atoms with Crippen LogP contribution in [0.4, 0.5) is 11.4 Å². The zero-order valence-electron chi connectivity index (χ0n) is 13.1. The van der Waals surface area contributed by atoms with Crippen LogP contribution in [-0.2, 0) is 0 Å². The molecule has 0 spiro atoms. The molecular weight excluding hydrogens is 250 g/mol. The minimum absolute atomic E-state index is 0.00535. The Labute approximate surface area is 122 Å². The van der Waals surface area contributed by atoms with E-state index in [0.717, 1.165) is 25.2 Å². The normalized spacial score (nSPS) is 11.1. The van der Waals surface area contributed by atoms with Crippen LogP contribution in [0, 0.1) is 0 Å². The van der Waals surface area contributed by atoms with Gasteiger partial charge in [0.2, 0.25) is 0 Å². The highest BCUT2D eigenvalue weighted by atomic mass is 16.1. The van der Waals surface area contributed by atoms with Crippen LogP contribution in [0.1, 0.15) is 44.0 Å². The van der Waals surface area contributed by atoms with Crippen LogP contribution in [0.3, 0.4) is 0 Å². The van der Waals surface area contributed by atoms with E-state index in [0.29, 0.717) is 17.3 Å². The predicted octanol–water partition coefficient (Wildman–Crippen LogP) is 3.00. The summed E-state index contributed by atoms with van der Waals surface area (Å²) in [6, 6.07) is 6.12. The van der Waals surface area contributed by atoms with E-state index in [1.165, 1.54) is 13.3 Å². The predicted molar refractivity (Wildman–Crippen MR) is 86.3 cm³/mol. The molecule has 112 valence electrons. The van der Waals surface area contributed by atoms with Gasteiger partial charge in [-0.1, -0.05) is 0 Å². The summed E-state index contributed by atoms with van der Waals surface area (Å²) in [4.78, 5) is 13.6. The minimum Gasteiger partial charge on any atom is -0.398 e. The lowest BCUT2D eigenvalue weighted by Gasteiger charge is -2.20. The molecule has 0 aromatic heterocycles. The number of hydrogen-bond acceptors (Lipinski definition) is 4. The van der Waals surface area contributed by atoms with Crippen LogP contribution in [0.2, 0.25) is 0 Å². The fourth-order valence-electron chi connectivity index (χ4n) is 1.97. The lowest BCUT2D eigenvalue weighted by Crippen LogP contribution is -2.27. The average Bonchev–Trinajstić information content (AvgIpc) is 2.37. The lowest BCUT2D eigenvalue weighted by atomic mass is 10.1. The van der Waals surface area contributed by atoms with Gasteiger partial charge in [0.15, 0.2) is 5.78 Å². The molecule has 0 radical (unpaired) electrons. The number of anilines is 2. The number of benzene rings is 1. The first-order valence-electron chi connectivity index (χ1n) is 7.26. The largest absolute Gasteiger partial charge is 0.398 e. The molecule has 0 atom stereocenters. The molecule has 4 heteroatoms. The molecule has 0 unspecified atom stereocenters. The number of ketones is 1. The molecule has 1 aromatic rings. The highest BCUT2D eigenvalue weighted by molar-refractivity contribution is 5.99. The molecule has 0 fully saturated rings. The molecule has 20 heavy (non-hydrogen) atoms. The summed E-state index contributed by atoms with van der Waals surface area (Å²) in [6.07, 6.45) is 2.29. The van der Waals surface area contributed by atoms with Crippen LogP contribution in [-0.4, -0.2) is 36.9 Å². The third-order valence-electron chi connectivity index (χ3n) is 3.58. The maximum atomic E-state index is 11.3. The van der Waals surface area contributed by atoms with Crippen molar-refractivity contribution in [1.82, 2.24) is 4.90 Å². The first kappa shape index (κ1) is 16.5. The van der Waals surface area contributed by atoms with Crippen LogP contribution in [0.15, 0.2) is 18.2 Å². The zero-order valence-corrected chi connectivity index (χ0v) is 13.1. The fraction of sp³-hybridized carbons (Fsp3) is 0.562. The third-order valence-corrected chi connectivity index (χ3v) is 3.58. The number of carbonyl (C=O) groups is 1. The summed E-state index contributed by atoms with van der Waals surface area (Å²) in [7, 11) is 2.15. The first-order valence-corrected chi connectivity index (χ1v) is 7.26. The Morgan fingerprint density at radius 1 is 1.35 bits per heavy atom. The van der Waals surface area contributed by atoms with Crippen LogP contribution >= 0.6 is 0 Å². The van der Waals surface area contributed by atoms with Crippen molar-refractivity contribution in [3.8, 4) is 0 Å². The second-order valence-corrected chi connectivity index (χ2v) is 5.57. The Morgan fingerprint density at radius 3 is 2.60 bits per heavy atom. The van der Waals surface area contributed by atoms with Crippen molar-refractivity contribution in [2.75, 3.05) is 31.2 Å². The Bertz CT molecular complexity index is 443. The summed E-state index contributed by atoms with van der Waals surface area (Å²) >= 11 is 0. The monoisotopic (exact) mass is 277 g/mol. The molecule has 0 aliphatic carbocycles. The topological polar surface area (TPSA) is 58.4 Å². The number of nitrogen functional groups attached to an aromatic ring is 1. The lowest BCUT2D eigenvalue weighted by molar-refractivity contribution is 0.101. The van der Waals surface area contributed by atoms with Crippen LogP contribution in [0.5, 0.6) is 0 Å². The van der Waals surface area contributed by atoms with Gasteiger partial charge in [0.05, 0.1) is 0 Å². The highest BCUT2D eigenvalue weighted by Gasteiger charge is 2.05. The van der Waals surface area contributed by atoms with E-state index in [4.69, 9.17) is 5.73 Å². The van der Waals surface area contributed by atoms with E-state index in [-0.39, 0.29) is 5.78 Å². The van der Waals surface area contributed by atoms with E-state index >= 15 is 0 Å². The number of hydrogen-bond donors (Lipinski definition) is 2. The molecule has 0 heterocycles. The summed E-state index contributed by atoms with van der Waals surface area (Å²) in [5, 5.41) is 3.34. The second-order valence-electron chi connectivity index (χ2n) is 5.57. The van der Waals surface area contributed by atoms with Crippen LogP contribution in [0.25, 0.3) is 0 Å². The van der Waals surface area contributed by atoms with Crippen molar-refractivity contribution in [2.45, 2.75) is 39.7 Å². The summed E-state index contributed by atoms with van der Waals surface area (Å²) in [6.45, 7) is 7.98. The van der Waals surface area contributed by atoms with Crippen molar-refractivity contribution < 1.29 is 4.79 Å². The molecule has 1 aromatic carbocycles. The molecule has 0 saturated carbocycles. The van der Waals surface area contributed by atoms with Crippen molar-refractivity contribution in [3.05, 3.63) is 23.8 Å². The van der Waals surface area contributed by atoms with E-state index in [9.17, 15) is 4.79 Å². The Kier molecular flexibility index (Phi) is 6.52. The Morgan fingerprint density at radius 2 is 2.05 bits per heavy atom.